The molecule has 0 amide bonds. The third-order valence-corrected chi connectivity index (χ3v) is 5.52. The molecule has 1 heterocycles. The van der Waals surface area contributed by atoms with Crippen LogP contribution in [0.3, 0.4) is 0 Å². The zero-order valence-corrected chi connectivity index (χ0v) is 14.2. The Labute approximate surface area is 126 Å². The van der Waals surface area contributed by atoms with Crippen molar-refractivity contribution in [3.05, 3.63) is 0 Å². The van der Waals surface area contributed by atoms with Gasteiger partial charge in [0.15, 0.2) is 0 Å². The van der Waals surface area contributed by atoms with Gasteiger partial charge in [-0.1, -0.05) is 34.1 Å². The number of ether oxygens (including phenoxy) is 1. The Morgan fingerprint density at radius 1 is 1.15 bits per heavy atom. The van der Waals surface area contributed by atoms with Crippen LogP contribution in [0.2, 0.25) is 0 Å². The normalized spacial score (nSPS) is 25.1. The number of likely N-dealkylation sites (tertiary alicyclic amines) is 1. The Bertz CT molecular complexity index is 273. The van der Waals surface area contributed by atoms with Gasteiger partial charge < -0.3 is 9.64 Å². The minimum atomic E-state index is 0.579. The third-order valence-electron chi connectivity index (χ3n) is 5.52. The first-order chi connectivity index (χ1) is 9.53. The van der Waals surface area contributed by atoms with Crippen LogP contribution in [-0.2, 0) is 4.74 Å². The van der Waals surface area contributed by atoms with Crippen LogP contribution in [0.15, 0.2) is 0 Å². The van der Waals surface area contributed by atoms with E-state index in [1.165, 1.54) is 58.2 Å². The zero-order chi connectivity index (χ0) is 14.6. The second-order valence-corrected chi connectivity index (χ2v) is 7.90. The molecule has 118 valence electrons. The van der Waals surface area contributed by atoms with Crippen molar-refractivity contribution in [2.75, 3.05) is 26.2 Å². The van der Waals surface area contributed by atoms with Gasteiger partial charge in [0.25, 0.3) is 0 Å². The third kappa shape index (κ3) is 4.46. The molecule has 1 aliphatic carbocycles. The van der Waals surface area contributed by atoms with E-state index in [-0.39, 0.29) is 0 Å². The maximum atomic E-state index is 6.06. The molecule has 0 N–H and O–H groups in total. The molecule has 2 aliphatic rings. The van der Waals surface area contributed by atoms with Crippen molar-refractivity contribution in [1.29, 1.82) is 0 Å². The molecule has 1 spiro atoms. The highest BCUT2D eigenvalue weighted by atomic mass is 16.5. The molecule has 0 aromatic rings. The zero-order valence-electron chi connectivity index (χ0n) is 14.2. The molecule has 1 atom stereocenters. The number of hydrogen-bond donors (Lipinski definition) is 0. The number of nitrogens with zero attached hydrogens (tertiary/aromatic N) is 1. The van der Waals surface area contributed by atoms with E-state index in [1.807, 2.05) is 0 Å². The summed E-state index contributed by atoms with van der Waals surface area (Å²) < 4.78 is 6.06. The van der Waals surface area contributed by atoms with Gasteiger partial charge in [0, 0.05) is 13.2 Å². The Morgan fingerprint density at radius 2 is 1.80 bits per heavy atom. The van der Waals surface area contributed by atoms with Gasteiger partial charge >= 0.3 is 0 Å². The van der Waals surface area contributed by atoms with Crippen molar-refractivity contribution in [2.45, 2.75) is 72.3 Å². The summed E-state index contributed by atoms with van der Waals surface area (Å²) in [5.74, 6) is 1.63. The summed E-state index contributed by atoms with van der Waals surface area (Å²) in [6, 6.07) is 0. The predicted octanol–water partition coefficient (Wildman–Crippen LogP) is 4.34. The highest BCUT2D eigenvalue weighted by Gasteiger charge is 2.46. The fourth-order valence-electron chi connectivity index (χ4n) is 3.80. The second-order valence-electron chi connectivity index (χ2n) is 7.90. The Morgan fingerprint density at radius 3 is 2.35 bits per heavy atom. The van der Waals surface area contributed by atoms with Crippen molar-refractivity contribution in [2.24, 2.45) is 17.3 Å². The van der Waals surface area contributed by atoms with Crippen molar-refractivity contribution in [3.8, 4) is 0 Å². The van der Waals surface area contributed by atoms with Crippen LogP contribution in [0.5, 0.6) is 0 Å². The number of piperidine rings is 1. The SMILES string of the molecule is CCC(C)CCOC1CC2(CCN(CC(C)C)CC2)C1. The number of hydrogen-bond acceptors (Lipinski definition) is 2. The molecule has 0 aromatic carbocycles. The monoisotopic (exact) mass is 281 g/mol. The standard InChI is InChI=1S/C18H35NO/c1-5-16(4)6-11-20-17-12-18(13-17)7-9-19(10-8-18)14-15(2)3/h15-17H,5-14H2,1-4H3. The van der Waals surface area contributed by atoms with Crippen molar-refractivity contribution < 1.29 is 4.74 Å². The van der Waals surface area contributed by atoms with Gasteiger partial charge in [0.1, 0.15) is 0 Å². The summed E-state index contributed by atoms with van der Waals surface area (Å²) in [6.45, 7) is 14.2. The van der Waals surface area contributed by atoms with Gasteiger partial charge in [-0.2, -0.15) is 0 Å². The molecular weight excluding hydrogens is 246 g/mol. The molecule has 2 heteroatoms. The Balaban J connectivity index is 1.59. The smallest absolute Gasteiger partial charge is 0.0585 e. The van der Waals surface area contributed by atoms with Crippen LogP contribution in [0, 0.1) is 17.3 Å². The molecule has 1 saturated carbocycles. The maximum absolute atomic E-state index is 6.06. The van der Waals surface area contributed by atoms with Crippen LogP contribution in [0.4, 0.5) is 0 Å². The molecule has 2 fully saturated rings. The fourth-order valence-corrected chi connectivity index (χ4v) is 3.80. The molecule has 2 nitrogen and oxygen atoms in total. The topological polar surface area (TPSA) is 12.5 Å². The van der Waals surface area contributed by atoms with E-state index in [4.69, 9.17) is 4.74 Å². The van der Waals surface area contributed by atoms with Gasteiger partial charge in [0.05, 0.1) is 6.10 Å². The van der Waals surface area contributed by atoms with Gasteiger partial charge in [-0.15, -0.1) is 0 Å². The minimum absolute atomic E-state index is 0.579. The first kappa shape index (κ1) is 16.3. The lowest BCUT2D eigenvalue weighted by molar-refractivity contribution is -0.107. The van der Waals surface area contributed by atoms with Crippen LogP contribution in [0.1, 0.15) is 66.2 Å². The van der Waals surface area contributed by atoms with Crippen LogP contribution in [0.25, 0.3) is 0 Å². The van der Waals surface area contributed by atoms with Crippen molar-refractivity contribution in [1.82, 2.24) is 4.90 Å². The number of rotatable bonds is 7. The first-order valence-electron chi connectivity index (χ1n) is 8.87. The van der Waals surface area contributed by atoms with E-state index in [0.717, 1.165) is 18.4 Å². The molecule has 0 aromatic heterocycles. The largest absolute Gasteiger partial charge is 0.378 e. The van der Waals surface area contributed by atoms with Gasteiger partial charge in [-0.25, -0.2) is 0 Å². The van der Waals surface area contributed by atoms with Crippen LogP contribution >= 0.6 is 0 Å². The average molecular weight is 281 g/mol. The van der Waals surface area contributed by atoms with Gasteiger partial charge in [-0.05, 0) is 62.4 Å². The van der Waals surface area contributed by atoms with E-state index in [9.17, 15) is 0 Å². The molecule has 1 aliphatic heterocycles. The highest BCUT2D eigenvalue weighted by Crippen LogP contribution is 2.50. The lowest BCUT2D eigenvalue weighted by Gasteiger charge is -2.52. The van der Waals surface area contributed by atoms with E-state index in [0.29, 0.717) is 11.5 Å². The summed E-state index contributed by atoms with van der Waals surface area (Å²) in [4.78, 5) is 2.66. The second kappa shape index (κ2) is 7.26. The molecule has 0 radical (unpaired) electrons. The van der Waals surface area contributed by atoms with E-state index < -0.39 is 0 Å². The molecular formula is C18H35NO. The van der Waals surface area contributed by atoms with Gasteiger partial charge in [-0.3, -0.25) is 0 Å². The quantitative estimate of drug-likeness (QED) is 0.688. The summed E-state index contributed by atoms with van der Waals surface area (Å²) in [6.07, 6.45) is 8.59. The van der Waals surface area contributed by atoms with Gasteiger partial charge in [0.2, 0.25) is 0 Å². The summed E-state index contributed by atoms with van der Waals surface area (Å²) in [5, 5.41) is 0. The summed E-state index contributed by atoms with van der Waals surface area (Å²) in [7, 11) is 0. The predicted molar refractivity (Wildman–Crippen MR) is 86.0 cm³/mol. The fraction of sp³-hybridized carbons (Fsp3) is 1.00. The van der Waals surface area contributed by atoms with E-state index in [1.54, 1.807) is 0 Å². The van der Waals surface area contributed by atoms with Crippen LogP contribution < -0.4 is 0 Å². The maximum Gasteiger partial charge on any atom is 0.0585 e. The first-order valence-corrected chi connectivity index (χ1v) is 8.87. The summed E-state index contributed by atoms with van der Waals surface area (Å²) >= 11 is 0. The molecule has 2 rings (SSSR count). The van der Waals surface area contributed by atoms with E-state index in [2.05, 4.69) is 32.6 Å². The molecule has 1 unspecified atom stereocenters. The van der Waals surface area contributed by atoms with E-state index >= 15 is 0 Å². The van der Waals surface area contributed by atoms with Crippen molar-refractivity contribution in [3.63, 3.8) is 0 Å². The highest BCUT2D eigenvalue weighted by molar-refractivity contribution is 4.98. The minimum Gasteiger partial charge on any atom is -0.378 e. The lowest BCUT2D eigenvalue weighted by atomic mass is 9.61. The Kier molecular flexibility index (Phi) is 5.92. The average Bonchev–Trinajstić information content (AvgIpc) is 2.38. The molecule has 0 bridgehead atoms. The molecule has 1 saturated heterocycles. The summed E-state index contributed by atoms with van der Waals surface area (Å²) in [5.41, 5.74) is 0.661. The Hall–Kier alpha value is -0.0800. The van der Waals surface area contributed by atoms with Crippen LogP contribution in [-0.4, -0.2) is 37.2 Å². The lowest BCUT2D eigenvalue weighted by Crippen LogP contribution is -2.50. The van der Waals surface area contributed by atoms with Crippen molar-refractivity contribution >= 4 is 0 Å². The molecule has 20 heavy (non-hydrogen) atoms.